The van der Waals surface area contributed by atoms with E-state index in [-0.39, 0.29) is 0 Å². The van der Waals surface area contributed by atoms with Gasteiger partial charge in [0.05, 0.1) is 5.56 Å². The molecule has 3 aromatic rings. The van der Waals surface area contributed by atoms with Crippen molar-refractivity contribution in [3.63, 3.8) is 0 Å². The molecular formula is C20H16F3N3O. The van der Waals surface area contributed by atoms with E-state index in [1.54, 1.807) is 30.3 Å². The van der Waals surface area contributed by atoms with Gasteiger partial charge in [0, 0.05) is 18.9 Å². The summed E-state index contributed by atoms with van der Waals surface area (Å²) in [7, 11) is 1.34. The molecule has 27 heavy (non-hydrogen) atoms. The third-order valence-corrected chi connectivity index (χ3v) is 3.81. The summed E-state index contributed by atoms with van der Waals surface area (Å²) in [5, 5.41) is 5.91. The molecule has 3 rings (SSSR count). The van der Waals surface area contributed by atoms with Crippen molar-refractivity contribution >= 4 is 23.7 Å². The third kappa shape index (κ3) is 4.44. The predicted octanol–water partition coefficient (Wildman–Crippen LogP) is 4.86. The number of benzene rings is 2. The van der Waals surface area contributed by atoms with Gasteiger partial charge in [-0.1, -0.05) is 60.7 Å². The number of hydrogen-bond donors (Lipinski definition) is 1. The molecule has 0 atom stereocenters. The van der Waals surface area contributed by atoms with Gasteiger partial charge in [0.15, 0.2) is 5.69 Å². The Hall–Kier alpha value is -3.35. The number of aromatic nitrogens is 2. The van der Waals surface area contributed by atoms with Crippen LogP contribution in [-0.4, -0.2) is 15.7 Å². The van der Waals surface area contributed by atoms with Crippen molar-refractivity contribution in [2.24, 2.45) is 7.05 Å². The van der Waals surface area contributed by atoms with Crippen molar-refractivity contribution in [1.82, 2.24) is 9.78 Å². The van der Waals surface area contributed by atoms with E-state index in [0.29, 0.717) is 11.3 Å². The second kappa shape index (κ2) is 7.49. The number of rotatable bonds is 4. The smallest absolute Gasteiger partial charge is 0.321 e. The average Bonchev–Trinajstić information content (AvgIpc) is 3.04. The van der Waals surface area contributed by atoms with Crippen LogP contribution in [-0.2, 0) is 13.2 Å². The van der Waals surface area contributed by atoms with E-state index in [9.17, 15) is 18.0 Å². The molecule has 1 aromatic heterocycles. The molecule has 0 aliphatic heterocycles. The fourth-order valence-corrected chi connectivity index (χ4v) is 2.56. The molecule has 0 saturated carbocycles. The first-order valence-corrected chi connectivity index (χ1v) is 8.09. The molecule has 2 aromatic carbocycles. The number of amides is 1. The highest BCUT2D eigenvalue weighted by Crippen LogP contribution is 2.31. The van der Waals surface area contributed by atoms with Gasteiger partial charge in [0.25, 0.3) is 5.91 Å². The number of alkyl halides is 3. The van der Waals surface area contributed by atoms with E-state index in [4.69, 9.17) is 0 Å². The van der Waals surface area contributed by atoms with Crippen molar-refractivity contribution in [2.75, 3.05) is 5.32 Å². The summed E-state index contributed by atoms with van der Waals surface area (Å²) in [6.07, 6.45) is -0.00366. The summed E-state index contributed by atoms with van der Waals surface area (Å²) < 4.78 is 40.2. The molecule has 0 unspecified atom stereocenters. The Labute approximate surface area is 153 Å². The molecule has 138 valence electrons. The van der Waals surface area contributed by atoms with Crippen LogP contribution in [0.1, 0.15) is 27.2 Å². The highest BCUT2D eigenvalue weighted by atomic mass is 19.4. The number of aryl methyl sites for hydroxylation is 1. The molecule has 0 spiro atoms. The Kier molecular flexibility index (Phi) is 5.12. The SMILES string of the molecule is Cn1cc(C(=O)Nc2ccccc2/C=C\c2ccccc2)c(C(F)(F)F)n1. The van der Waals surface area contributed by atoms with E-state index in [2.05, 4.69) is 10.4 Å². The summed E-state index contributed by atoms with van der Waals surface area (Å²) in [6, 6.07) is 16.4. The molecular weight excluding hydrogens is 355 g/mol. The van der Waals surface area contributed by atoms with Gasteiger partial charge < -0.3 is 5.32 Å². The van der Waals surface area contributed by atoms with Crippen molar-refractivity contribution in [3.05, 3.63) is 83.2 Å². The molecule has 0 fully saturated rings. The van der Waals surface area contributed by atoms with Crippen molar-refractivity contribution in [2.45, 2.75) is 6.18 Å². The number of halogens is 3. The zero-order valence-corrected chi connectivity index (χ0v) is 14.4. The number of anilines is 1. The molecule has 1 N–H and O–H groups in total. The standard InChI is InChI=1S/C20H16F3N3O/c1-26-13-16(18(25-26)20(21,22)23)19(27)24-17-10-6-5-9-15(17)12-11-14-7-3-2-4-8-14/h2-13H,1H3,(H,24,27)/b12-11-. The average molecular weight is 371 g/mol. The van der Waals surface area contributed by atoms with Gasteiger partial charge in [0.1, 0.15) is 0 Å². The molecule has 0 radical (unpaired) electrons. The Balaban J connectivity index is 1.87. The van der Waals surface area contributed by atoms with E-state index in [0.717, 1.165) is 16.4 Å². The van der Waals surface area contributed by atoms with Gasteiger partial charge in [-0.2, -0.15) is 18.3 Å². The first kappa shape index (κ1) is 18.4. The Morgan fingerprint density at radius 1 is 1.04 bits per heavy atom. The third-order valence-electron chi connectivity index (χ3n) is 3.81. The van der Waals surface area contributed by atoms with Crippen LogP contribution in [0.3, 0.4) is 0 Å². The maximum Gasteiger partial charge on any atom is 0.435 e. The second-order valence-electron chi connectivity index (χ2n) is 5.85. The minimum atomic E-state index is -4.71. The van der Waals surface area contributed by atoms with Crippen LogP contribution in [0.4, 0.5) is 18.9 Å². The summed E-state index contributed by atoms with van der Waals surface area (Å²) >= 11 is 0. The fraction of sp³-hybridized carbons (Fsp3) is 0.100. The topological polar surface area (TPSA) is 46.9 Å². The lowest BCUT2D eigenvalue weighted by atomic mass is 10.1. The van der Waals surface area contributed by atoms with Crippen LogP contribution in [0.25, 0.3) is 12.2 Å². The zero-order valence-electron chi connectivity index (χ0n) is 14.4. The summed E-state index contributed by atoms with van der Waals surface area (Å²) in [5.74, 6) is -0.865. The van der Waals surface area contributed by atoms with Crippen LogP contribution < -0.4 is 5.32 Å². The van der Waals surface area contributed by atoms with Crippen molar-refractivity contribution in [1.29, 1.82) is 0 Å². The first-order chi connectivity index (χ1) is 12.8. The van der Waals surface area contributed by atoms with Crippen LogP contribution in [0.15, 0.2) is 60.8 Å². The lowest BCUT2D eigenvalue weighted by Gasteiger charge is -2.09. The van der Waals surface area contributed by atoms with E-state index in [1.165, 1.54) is 7.05 Å². The summed E-state index contributed by atoms with van der Waals surface area (Å²) in [5.41, 5.74) is 0.315. The lowest BCUT2D eigenvalue weighted by molar-refractivity contribution is -0.141. The first-order valence-electron chi connectivity index (χ1n) is 8.09. The van der Waals surface area contributed by atoms with Crippen molar-refractivity contribution < 1.29 is 18.0 Å². The van der Waals surface area contributed by atoms with Gasteiger partial charge in [-0.05, 0) is 17.2 Å². The highest BCUT2D eigenvalue weighted by molar-refractivity contribution is 6.06. The molecule has 7 heteroatoms. The summed E-state index contributed by atoms with van der Waals surface area (Å²) in [6.45, 7) is 0. The Morgan fingerprint density at radius 2 is 1.70 bits per heavy atom. The monoisotopic (exact) mass is 371 g/mol. The summed E-state index contributed by atoms with van der Waals surface area (Å²) in [4.78, 5) is 12.4. The predicted molar refractivity (Wildman–Crippen MR) is 98.0 cm³/mol. The van der Waals surface area contributed by atoms with Crippen LogP contribution in [0.2, 0.25) is 0 Å². The van der Waals surface area contributed by atoms with E-state index < -0.39 is 23.3 Å². The lowest BCUT2D eigenvalue weighted by Crippen LogP contribution is -2.18. The number of para-hydroxylation sites is 1. The van der Waals surface area contributed by atoms with Gasteiger partial charge in [0.2, 0.25) is 0 Å². The molecule has 0 aliphatic carbocycles. The Morgan fingerprint density at radius 3 is 2.41 bits per heavy atom. The maximum atomic E-state index is 13.1. The molecule has 0 aliphatic rings. The molecule has 1 amide bonds. The van der Waals surface area contributed by atoms with E-state index >= 15 is 0 Å². The number of nitrogens with zero attached hydrogens (tertiary/aromatic N) is 2. The fourth-order valence-electron chi connectivity index (χ4n) is 2.56. The van der Waals surface area contributed by atoms with Gasteiger partial charge in [-0.3, -0.25) is 9.48 Å². The maximum absolute atomic E-state index is 13.1. The van der Waals surface area contributed by atoms with Gasteiger partial charge >= 0.3 is 6.18 Å². The highest BCUT2D eigenvalue weighted by Gasteiger charge is 2.39. The quantitative estimate of drug-likeness (QED) is 0.666. The largest absolute Gasteiger partial charge is 0.435 e. The van der Waals surface area contributed by atoms with Crippen molar-refractivity contribution in [3.8, 4) is 0 Å². The minimum absolute atomic E-state index is 0.409. The van der Waals surface area contributed by atoms with E-state index in [1.807, 2.05) is 36.4 Å². The zero-order chi connectivity index (χ0) is 19.4. The normalized spacial score (nSPS) is 11.7. The van der Waals surface area contributed by atoms with Crippen LogP contribution in [0, 0.1) is 0 Å². The Bertz CT molecular complexity index is 976. The molecule has 0 saturated heterocycles. The van der Waals surface area contributed by atoms with Crippen LogP contribution in [0.5, 0.6) is 0 Å². The molecule has 0 bridgehead atoms. The molecule has 1 heterocycles. The molecule has 4 nitrogen and oxygen atoms in total. The van der Waals surface area contributed by atoms with Gasteiger partial charge in [-0.25, -0.2) is 0 Å². The number of carbonyl (C=O) groups excluding carboxylic acids is 1. The number of carbonyl (C=O) groups is 1. The van der Waals surface area contributed by atoms with Gasteiger partial charge in [-0.15, -0.1) is 0 Å². The number of nitrogens with one attached hydrogen (secondary N) is 1. The minimum Gasteiger partial charge on any atom is -0.321 e. The van der Waals surface area contributed by atoms with Crippen LogP contribution >= 0.6 is 0 Å². The second-order valence-corrected chi connectivity index (χ2v) is 5.85. The number of hydrogen-bond acceptors (Lipinski definition) is 2.